The molecular weight excluding hydrogens is 184 g/mol. The van der Waals surface area contributed by atoms with E-state index in [1.807, 2.05) is 0 Å². The van der Waals surface area contributed by atoms with Gasteiger partial charge in [-0.2, -0.15) is 0 Å². The minimum Gasteiger partial charge on any atom is -0.476 e. The van der Waals surface area contributed by atoms with Crippen LogP contribution < -0.4 is 0 Å². The first-order valence-corrected chi connectivity index (χ1v) is 3.40. The van der Waals surface area contributed by atoms with Gasteiger partial charge in [-0.1, -0.05) is 5.21 Å². The monoisotopic (exact) mass is 191 g/mol. The zero-order valence-corrected chi connectivity index (χ0v) is 6.74. The Hall–Kier alpha value is -1.53. The van der Waals surface area contributed by atoms with Crippen LogP contribution in [0.25, 0.3) is 0 Å². The first-order chi connectivity index (χ1) is 5.90. The molecule has 5 nitrogen and oxygen atoms in total. The fourth-order valence-electron chi connectivity index (χ4n) is 0.803. The second kappa shape index (κ2) is 3.08. The van der Waals surface area contributed by atoms with Gasteiger partial charge in [0.2, 0.25) is 0 Å². The summed E-state index contributed by atoms with van der Waals surface area (Å²) in [5.41, 5.74) is -0.346. The van der Waals surface area contributed by atoms with Gasteiger partial charge in [-0.25, -0.2) is 18.3 Å². The van der Waals surface area contributed by atoms with Crippen molar-refractivity contribution < 1.29 is 18.7 Å². The maximum absolute atomic E-state index is 12.4. The third-order valence-electron chi connectivity index (χ3n) is 1.26. The van der Waals surface area contributed by atoms with Crippen molar-refractivity contribution in [2.75, 3.05) is 0 Å². The van der Waals surface area contributed by atoms with Gasteiger partial charge in [0.05, 0.1) is 6.20 Å². The molecule has 1 heterocycles. The van der Waals surface area contributed by atoms with Gasteiger partial charge in [-0.15, -0.1) is 5.10 Å². The number of rotatable bonds is 3. The molecule has 0 aliphatic heterocycles. The van der Waals surface area contributed by atoms with Crippen LogP contribution in [0.2, 0.25) is 0 Å². The number of hydrogen-bond donors (Lipinski definition) is 1. The van der Waals surface area contributed by atoms with E-state index in [0.717, 1.165) is 6.20 Å². The minimum atomic E-state index is -3.00. The summed E-state index contributed by atoms with van der Waals surface area (Å²) in [7, 11) is 0. The summed E-state index contributed by atoms with van der Waals surface area (Å²) in [6, 6.07) is 0. The lowest BCUT2D eigenvalue weighted by atomic mass is 10.3. The summed E-state index contributed by atoms with van der Waals surface area (Å²) in [5.74, 6) is -4.33. The number of carboxylic acids is 1. The maximum atomic E-state index is 12.4. The summed E-state index contributed by atoms with van der Waals surface area (Å²) in [6.07, 6.45) is 0.925. The second-order valence-corrected chi connectivity index (χ2v) is 2.65. The van der Waals surface area contributed by atoms with Crippen LogP contribution in [0.15, 0.2) is 6.20 Å². The molecule has 1 aromatic heterocycles. The number of carboxylic acid groups (broad SMARTS) is 1. The van der Waals surface area contributed by atoms with Crippen LogP contribution >= 0.6 is 0 Å². The van der Waals surface area contributed by atoms with Crippen molar-refractivity contribution in [1.29, 1.82) is 0 Å². The van der Waals surface area contributed by atoms with Crippen LogP contribution in [0.5, 0.6) is 0 Å². The smallest absolute Gasteiger partial charge is 0.355 e. The molecule has 0 aromatic carbocycles. The largest absolute Gasteiger partial charge is 0.476 e. The summed E-state index contributed by atoms with van der Waals surface area (Å²) in [5, 5.41) is 15.0. The minimum absolute atomic E-state index is 0.346. The third kappa shape index (κ3) is 2.46. The molecule has 1 rings (SSSR count). The lowest BCUT2D eigenvalue weighted by Gasteiger charge is -2.09. The molecule has 0 saturated carbocycles. The zero-order chi connectivity index (χ0) is 10.1. The van der Waals surface area contributed by atoms with Gasteiger partial charge in [-0.05, 0) is 0 Å². The Morgan fingerprint density at radius 2 is 2.38 bits per heavy atom. The van der Waals surface area contributed by atoms with Gasteiger partial charge in [0.25, 0.3) is 5.92 Å². The SMILES string of the molecule is CC(F)(F)Cn1nncc1C(=O)O. The average Bonchev–Trinajstić information content (AvgIpc) is 2.31. The molecule has 0 fully saturated rings. The van der Waals surface area contributed by atoms with Gasteiger partial charge in [-0.3, -0.25) is 0 Å². The number of nitrogens with zero attached hydrogens (tertiary/aromatic N) is 3. The Labute approximate surface area is 72.0 Å². The zero-order valence-electron chi connectivity index (χ0n) is 6.74. The standard InChI is InChI=1S/C6H7F2N3O2/c1-6(7,8)3-11-4(5(12)13)2-9-10-11/h2H,3H2,1H3,(H,12,13). The molecule has 0 atom stereocenters. The highest BCUT2D eigenvalue weighted by atomic mass is 19.3. The van der Waals surface area contributed by atoms with E-state index >= 15 is 0 Å². The molecule has 1 N–H and O–H groups in total. The van der Waals surface area contributed by atoms with Crippen LogP contribution in [0.4, 0.5) is 8.78 Å². The van der Waals surface area contributed by atoms with Crippen LogP contribution in [-0.4, -0.2) is 32.0 Å². The molecule has 0 amide bonds. The Bertz CT molecular complexity index is 318. The molecule has 0 spiro atoms. The lowest BCUT2D eigenvalue weighted by molar-refractivity contribution is -0.000870. The van der Waals surface area contributed by atoms with Gasteiger partial charge in [0, 0.05) is 6.92 Å². The van der Waals surface area contributed by atoms with Crippen LogP contribution in [-0.2, 0) is 6.54 Å². The van der Waals surface area contributed by atoms with Gasteiger partial charge < -0.3 is 5.11 Å². The number of aromatic nitrogens is 3. The number of hydrogen-bond acceptors (Lipinski definition) is 3. The molecule has 0 aliphatic carbocycles. The van der Waals surface area contributed by atoms with Gasteiger partial charge in [0.1, 0.15) is 6.54 Å². The van der Waals surface area contributed by atoms with Crippen molar-refractivity contribution in [3.63, 3.8) is 0 Å². The summed E-state index contributed by atoms with van der Waals surface area (Å²) in [6.45, 7) is -0.102. The molecule has 0 unspecified atom stereocenters. The van der Waals surface area contributed by atoms with Crippen molar-refractivity contribution in [3.8, 4) is 0 Å². The van der Waals surface area contributed by atoms with E-state index in [0.29, 0.717) is 11.6 Å². The van der Waals surface area contributed by atoms with Crippen LogP contribution in [0, 0.1) is 0 Å². The molecule has 0 bridgehead atoms. The molecule has 0 radical (unpaired) electrons. The van der Waals surface area contributed by atoms with Crippen molar-refractivity contribution in [1.82, 2.24) is 15.0 Å². The van der Waals surface area contributed by atoms with E-state index in [2.05, 4.69) is 10.3 Å². The van der Waals surface area contributed by atoms with Crippen molar-refractivity contribution in [3.05, 3.63) is 11.9 Å². The summed E-state index contributed by atoms with van der Waals surface area (Å²) in [4.78, 5) is 10.4. The molecule has 72 valence electrons. The second-order valence-electron chi connectivity index (χ2n) is 2.65. The van der Waals surface area contributed by atoms with Gasteiger partial charge in [0.15, 0.2) is 5.69 Å². The van der Waals surface area contributed by atoms with Crippen molar-refractivity contribution >= 4 is 5.97 Å². The first-order valence-electron chi connectivity index (χ1n) is 3.40. The van der Waals surface area contributed by atoms with Gasteiger partial charge >= 0.3 is 5.97 Å². The first kappa shape index (κ1) is 9.56. The molecular formula is C6H7F2N3O2. The molecule has 0 saturated heterocycles. The van der Waals surface area contributed by atoms with E-state index < -0.39 is 18.4 Å². The van der Waals surface area contributed by atoms with E-state index in [9.17, 15) is 13.6 Å². The molecule has 0 aliphatic rings. The number of carbonyl (C=O) groups is 1. The Morgan fingerprint density at radius 3 is 2.85 bits per heavy atom. The average molecular weight is 191 g/mol. The maximum Gasteiger partial charge on any atom is 0.355 e. The van der Waals surface area contributed by atoms with E-state index in [4.69, 9.17) is 5.11 Å². The van der Waals surface area contributed by atoms with E-state index in [-0.39, 0.29) is 5.69 Å². The highest BCUT2D eigenvalue weighted by Crippen LogP contribution is 2.14. The highest BCUT2D eigenvalue weighted by Gasteiger charge is 2.25. The van der Waals surface area contributed by atoms with E-state index in [1.54, 1.807) is 0 Å². The number of alkyl halides is 2. The Balaban J connectivity index is 2.89. The number of aromatic carboxylic acids is 1. The fraction of sp³-hybridized carbons (Fsp3) is 0.500. The van der Waals surface area contributed by atoms with E-state index in [1.165, 1.54) is 0 Å². The topological polar surface area (TPSA) is 68.0 Å². The molecule has 7 heteroatoms. The summed E-state index contributed by atoms with van der Waals surface area (Å²) >= 11 is 0. The number of halogens is 2. The summed E-state index contributed by atoms with van der Waals surface area (Å²) < 4.78 is 25.5. The van der Waals surface area contributed by atoms with Crippen molar-refractivity contribution in [2.45, 2.75) is 19.4 Å². The fourth-order valence-corrected chi connectivity index (χ4v) is 0.803. The highest BCUT2D eigenvalue weighted by molar-refractivity contribution is 5.85. The molecule has 1 aromatic rings. The third-order valence-corrected chi connectivity index (χ3v) is 1.26. The van der Waals surface area contributed by atoms with Crippen molar-refractivity contribution in [2.24, 2.45) is 0 Å². The molecule has 13 heavy (non-hydrogen) atoms. The van der Waals surface area contributed by atoms with Crippen LogP contribution in [0.3, 0.4) is 0 Å². The lowest BCUT2D eigenvalue weighted by Crippen LogP contribution is -2.23. The predicted octanol–water partition coefficient (Wildman–Crippen LogP) is 0.631. The Kier molecular flexibility index (Phi) is 2.26. The predicted molar refractivity (Wildman–Crippen MR) is 37.6 cm³/mol. The van der Waals surface area contributed by atoms with Crippen LogP contribution in [0.1, 0.15) is 17.4 Å². The Morgan fingerprint density at radius 1 is 1.77 bits per heavy atom. The quantitative estimate of drug-likeness (QED) is 0.760. The normalized spacial score (nSPS) is 11.6.